The largest absolute Gasteiger partial charge is 0.396 e. The van der Waals surface area contributed by atoms with Crippen LogP contribution in [0.2, 0.25) is 0 Å². The van der Waals surface area contributed by atoms with Crippen molar-refractivity contribution in [2.24, 2.45) is 12.8 Å². The molecule has 5 N–H and O–H groups in total. The van der Waals surface area contributed by atoms with Gasteiger partial charge >= 0.3 is 0 Å². The van der Waals surface area contributed by atoms with E-state index in [1.54, 1.807) is 13.2 Å². The molecule has 1 aromatic rings. The molecule has 7 heteroatoms. The number of hydrogen-bond donors (Lipinski definition) is 3. The lowest BCUT2D eigenvalue weighted by Gasteiger charge is -2.02. The number of rotatable bonds is 5. The van der Waals surface area contributed by atoms with Crippen LogP contribution in [0.3, 0.4) is 0 Å². The van der Waals surface area contributed by atoms with Crippen molar-refractivity contribution in [2.75, 3.05) is 12.3 Å². The third-order valence-corrected chi connectivity index (χ3v) is 1.96. The van der Waals surface area contributed by atoms with Gasteiger partial charge in [-0.2, -0.15) is 5.10 Å². The number of nitrogen functional groups attached to an aromatic ring is 1. The predicted octanol–water partition coefficient (Wildman–Crippen LogP) is -1.00. The summed E-state index contributed by atoms with van der Waals surface area (Å²) in [5.74, 6) is -0.728. The summed E-state index contributed by atoms with van der Waals surface area (Å²) in [4.78, 5) is 22.0. The number of aromatic nitrogens is 2. The maximum atomic E-state index is 11.5. The number of aryl methyl sites for hydroxylation is 1. The van der Waals surface area contributed by atoms with Gasteiger partial charge in [-0.05, 0) is 6.42 Å². The highest BCUT2D eigenvalue weighted by Gasteiger charge is 2.12. The van der Waals surface area contributed by atoms with Crippen LogP contribution in [-0.2, 0) is 11.8 Å². The Bertz CT molecular complexity index is 399. The fraction of sp³-hybridized carbons (Fsp3) is 0.444. The average Bonchev–Trinajstić information content (AvgIpc) is 2.52. The second-order valence-corrected chi connectivity index (χ2v) is 3.43. The molecule has 1 aromatic heterocycles. The molecule has 1 heterocycles. The number of anilines is 1. The molecule has 0 aliphatic heterocycles. The third-order valence-electron chi connectivity index (χ3n) is 1.96. The zero-order valence-corrected chi connectivity index (χ0v) is 9.06. The highest BCUT2D eigenvalue weighted by Crippen LogP contribution is 2.07. The number of carbonyl (C=O) groups excluding carboxylic acids is 2. The van der Waals surface area contributed by atoms with E-state index >= 15 is 0 Å². The average molecular weight is 225 g/mol. The van der Waals surface area contributed by atoms with E-state index in [9.17, 15) is 9.59 Å². The van der Waals surface area contributed by atoms with Crippen molar-refractivity contribution in [3.63, 3.8) is 0 Å². The lowest BCUT2D eigenvalue weighted by molar-refractivity contribution is -0.118. The molecule has 16 heavy (non-hydrogen) atoms. The molecule has 0 saturated carbocycles. The first kappa shape index (κ1) is 12.0. The molecule has 0 aliphatic rings. The molecule has 2 amide bonds. The lowest BCUT2D eigenvalue weighted by atomic mass is 10.3. The van der Waals surface area contributed by atoms with E-state index in [1.807, 2.05) is 0 Å². The minimum absolute atomic E-state index is 0.196. The molecule has 88 valence electrons. The van der Waals surface area contributed by atoms with E-state index in [-0.39, 0.29) is 23.9 Å². The van der Waals surface area contributed by atoms with E-state index < -0.39 is 0 Å². The zero-order valence-electron chi connectivity index (χ0n) is 9.06. The molecular formula is C9H15N5O2. The van der Waals surface area contributed by atoms with Crippen LogP contribution in [0, 0.1) is 0 Å². The van der Waals surface area contributed by atoms with Gasteiger partial charge in [-0.3, -0.25) is 14.3 Å². The van der Waals surface area contributed by atoms with Gasteiger partial charge in [-0.15, -0.1) is 0 Å². The Balaban J connectivity index is 2.41. The summed E-state index contributed by atoms with van der Waals surface area (Å²) >= 11 is 0. The summed E-state index contributed by atoms with van der Waals surface area (Å²) < 4.78 is 1.47. The summed E-state index contributed by atoms with van der Waals surface area (Å²) in [6.45, 7) is 0.373. The van der Waals surface area contributed by atoms with Crippen LogP contribution in [0.15, 0.2) is 6.20 Å². The van der Waals surface area contributed by atoms with Gasteiger partial charge in [0, 0.05) is 26.2 Å². The van der Waals surface area contributed by atoms with Crippen molar-refractivity contribution in [1.82, 2.24) is 15.1 Å². The maximum Gasteiger partial charge on any atom is 0.273 e. The van der Waals surface area contributed by atoms with E-state index in [1.165, 1.54) is 4.68 Å². The first-order valence-corrected chi connectivity index (χ1v) is 4.86. The summed E-state index contributed by atoms with van der Waals surface area (Å²) in [5.41, 5.74) is 11.1. The van der Waals surface area contributed by atoms with Crippen LogP contribution in [0.4, 0.5) is 5.69 Å². The number of nitrogens with two attached hydrogens (primary N) is 2. The van der Waals surface area contributed by atoms with Gasteiger partial charge in [-0.25, -0.2) is 0 Å². The Kier molecular flexibility index (Phi) is 3.87. The minimum Gasteiger partial charge on any atom is -0.396 e. The lowest BCUT2D eigenvalue weighted by Crippen LogP contribution is -2.26. The topological polar surface area (TPSA) is 116 Å². The Morgan fingerprint density at radius 3 is 2.75 bits per heavy atom. The van der Waals surface area contributed by atoms with Crippen LogP contribution >= 0.6 is 0 Å². The molecule has 0 saturated heterocycles. The zero-order chi connectivity index (χ0) is 12.1. The van der Waals surface area contributed by atoms with E-state index in [2.05, 4.69) is 10.4 Å². The van der Waals surface area contributed by atoms with Gasteiger partial charge in [0.05, 0.1) is 5.69 Å². The summed E-state index contributed by atoms with van der Waals surface area (Å²) in [6, 6.07) is 0. The summed E-state index contributed by atoms with van der Waals surface area (Å²) in [5, 5.41) is 6.52. The van der Waals surface area contributed by atoms with Crippen LogP contribution in [-0.4, -0.2) is 28.1 Å². The highest BCUT2D eigenvalue weighted by atomic mass is 16.2. The normalized spacial score (nSPS) is 10.1. The fourth-order valence-corrected chi connectivity index (χ4v) is 1.23. The standard InChI is InChI=1S/C9H15N5O2/c1-14-5-6(10)8(13-14)9(16)12-4-2-3-7(11)15/h5H,2-4,10H2,1H3,(H2,11,15)(H,12,16). The Morgan fingerprint density at radius 1 is 1.56 bits per heavy atom. The van der Waals surface area contributed by atoms with E-state index in [0.29, 0.717) is 18.7 Å². The Morgan fingerprint density at radius 2 is 2.25 bits per heavy atom. The maximum absolute atomic E-state index is 11.5. The molecule has 0 fully saturated rings. The molecule has 7 nitrogen and oxygen atoms in total. The van der Waals surface area contributed by atoms with Gasteiger partial charge in [0.2, 0.25) is 5.91 Å². The monoisotopic (exact) mass is 225 g/mol. The van der Waals surface area contributed by atoms with Crippen LogP contribution in [0.5, 0.6) is 0 Å². The van der Waals surface area contributed by atoms with E-state index in [0.717, 1.165) is 0 Å². The minimum atomic E-state index is -0.383. The van der Waals surface area contributed by atoms with E-state index in [4.69, 9.17) is 11.5 Å². The smallest absolute Gasteiger partial charge is 0.273 e. The van der Waals surface area contributed by atoms with Crippen LogP contribution < -0.4 is 16.8 Å². The SMILES string of the molecule is Cn1cc(N)c(C(=O)NCCCC(N)=O)n1. The van der Waals surface area contributed by atoms with Crippen molar-refractivity contribution in [2.45, 2.75) is 12.8 Å². The van der Waals surface area contributed by atoms with Gasteiger partial charge in [-0.1, -0.05) is 0 Å². The number of hydrogen-bond acceptors (Lipinski definition) is 4. The first-order valence-electron chi connectivity index (χ1n) is 4.86. The molecule has 0 unspecified atom stereocenters. The van der Waals surface area contributed by atoms with Crippen LogP contribution in [0.1, 0.15) is 23.3 Å². The quantitative estimate of drug-likeness (QED) is 0.557. The molecule has 1 rings (SSSR count). The van der Waals surface area contributed by atoms with Gasteiger partial charge in [0.25, 0.3) is 5.91 Å². The number of nitrogens with one attached hydrogen (secondary N) is 1. The highest BCUT2D eigenvalue weighted by molar-refractivity contribution is 5.96. The first-order chi connectivity index (χ1) is 7.50. The van der Waals surface area contributed by atoms with Crippen molar-refractivity contribution < 1.29 is 9.59 Å². The molecule has 0 bridgehead atoms. The van der Waals surface area contributed by atoms with Crippen molar-refractivity contribution >= 4 is 17.5 Å². The van der Waals surface area contributed by atoms with Gasteiger partial charge in [0.15, 0.2) is 5.69 Å². The second-order valence-electron chi connectivity index (χ2n) is 3.43. The Hall–Kier alpha value is -2.05. The molecule has 0 atom stereocenters. The number of nitrogens with zero attached hydrogens (tertiary/aromatic N) is 2. The molecular weight excluding hydrogens is 210 g/mol. The van der Waals surface area contributed by atoms with Crippen LogP contribution in [0.25, 0.3) is 0 Å². The predicted molar refractivity (Wildman–Crippen MR) is 58.4 cm³/mol. The molecule has 0 radical (unpaired) electrons. The van der Waals surface area contributed by atoms with Gasteiger partial charge < -0.3 is 16.8 Å². The fourth-order valence-electron chi connectivity index (χ4n) is 1.23. The van der Waals surface area contributed by atoms with Crippen molar-refractivity contribution in [1.29, 1.82) is 0 Å². The number of carbonyl (C=O) groups is 2. The number of primary amides is 1. The second kappa shape index (κ2) is 5.15. The molecule has 0 spiro atoms. The Labute approximate surface area is 92.8 Å². The molecule has 0 aromatic carbocycles. The van der Waals surface area contributed by atoms with Crippen molar-refractivity contribution in [3.8, 4) is 0 Å². The summed E-state index contributed by atoms with van der Waals surface area (Å²) in [7, 11) is 1.68. The van der Waals surface area contributed by atoms with Crippen molar-refractivity contribution in [3.05, 3.63) is 11.9 Å². The number of amides is 2. The summed E-state index contributed by atoms with van der Waals surface area (Å²) in [6.07, 6.45) is 2.31. The van der Waals surface area contributed by atoms with Gasteiger partial charge in [0.1, 0.15) is 0 Å². The third kappa shape index (κ3) is 3.26. The molecule has 0 aliphatic carbocycles.